The number of nitrogens with zero attached hydrogens (tertiary/aromatic N) is 1. The first kappa shape index (κ1) is 18.1. The molecule has 1 aromatic carbocycles. The Hall–Kier alpha value is -1.93. The Kier molecular flexibility index (Phi) is 7.00. The van der Waals surface area contributed by atoms with Crippen LogP contribution in [0.2, 0.25) is 0 Å². The average Bonchev–Trinajstić information content (AvgIpc) is 2.51. The maximum atomic E-state index is 12.6. The van der Waals surface area contributed by atoms with Gasteiger partial charge in [-0.25, -0.2) is 13.2 Å². The third kappa shape index (κ3) is 5.12. The summed E-state index contributed by atoms with van der Waals surface area (Å²) in [4.78, 5) is 23.0. The van der Waals surface area contributed by atoms with Crippen molar-refractivity contribution < 1.29 is 18.0 Å². The van der Waals surface area contributed by atoms with E-state index in [9.17, 15) is 18.0 Å². The molecule has 0 fully saturated rings. The van der Waals surface area contributed by atoms with Gasteiger partial charge in [-0.05, 0) is 18.6 Å². The molecule has 1 aromatic rings. The first-order valence-corrected chi connectivity index (χ1v) is 8.42. The number of benzene rings is 1. The van der Waals surface area contributed by atoms with Crippen molar-refractivity contribution >= 4 is 22.0 Å². The molecule has 122 valence electrons. The zero-order valence-corrected chi connectivity index (χ0v) is 13.5. The van der Waals surface area contributed by atoms with E-state index < -0.39 is 28.5 Å². The van der Waals surface area contributed by atoms with E-state index in [4.69, 9.17) is 0 Å². The Labute approximate surface area is 130 Å². The van der Waals surface area contributed by atoms with Crippen LogP contribution < -0.4 is 10.6 Å². The highest BCUT2D eigenvalue weighted by Gasteiger charge is 2.26. The van der Waals surface area contributed by atoms with Gasteiger partial charge in [-0.3, -0.25) is 10.1 Å². The average molecular weight is 327 g/mol. The molecule has 0 saturated heterocycles. The van der Waals surface area contributed by atoms with Crippen molar-refractivity contribution in [1.29, 1.82) is 0 Å². The van der Waals surface area contributed by atoms with Crippen LogP contribution in [0, 0.1) is 0 Å². The monoisotopic (exact) mass is 327 g/mol. The molecule has 0 aliphatic heterocycles. The summed E-state index contributed by atoms with van der Waals surface area (Å²) in [5.74, 6) is -0.671. The number of amides is 3. The highest BCUT2D eigenvalue weighted by atomic mass is 32.2. The van der Waals surface area contributed by atoms with E-state index in [1.165, 1.54) is 19.2 Å². The highest BCUT2D eigenvalue weighted by Crippen LogP contribution is 2.15. The molecule has 0 unspecified atom stereocenters. The Balaban J connectivity index is 2.92. The van der Waals surface area contributed by atoms with Crippen molar-refractivity contribution in [3.8, 4) is 0 Å². The maximum Gasteiger partial charge on any atom is 0.321 e. The molecule has 0 atom stereocenters. The number of rotatable bonds is 7. The van der Waals surface area contributed by atoms with Gasteiger partial charge in [0.25, 0.3) is 0 Å². The van der Waals surface area contributed by atoms with E-state index >= 15 is 0 Å². The van der Waals surface area contributed by atoms with Gasteiger partial charge in [-0.15, -0.1) is 0 Å². The van der Waals surface area contributed by atoms with Crippen LogP contribution in [0.25, 0.3) is 0 Å². The summed E-state index contributed by atoms with van der Waals surface area (Å²) in [6, 6.07) is 7.24. The third-order valence-electron chi connectivity index (χ3n) is 2.94. The molecule has 0 aliphatic carbocycles. The van der Waals surface area contributed by atoms with Gasteiger partial charge < -0.3 is 5.32 Å². The minimum Gasteiger partial charge on any atom is -0.341 e. The van der Waals surface area contributed by atoms with Gasteiger partial charge in [0.1, 0.15) is 0 Å². The van der Waals surface area contributed by atoms with Gasteiger partial charge in [0.15, 0.2) is 0 Å². The number of urea groups is 1. The predicted octanol–water partition coefficient (Wildman–Crippen LogP) is 0.933. The lowest BCUT2D eigenvalue weighted by Gasteiger charge is -2.21. The van der Waals surface area contributed by atoms with Crippen LogP contribution in [0.1, 0.15) is 19.8 Å². The minimum absolute atomic E-state index is 0.124. The quantitative estimate of drug-likeness (QED) is 0.779. The fraction of sp³-hybridized carbons (Fsp3) is 0.429. The third-order valence-corrected chi connectivity index (χ3v) is 4.80. The lowest BCUT2D eigenvalue weighted by atomic mass is 10.3. The molecule has 0 heterocycles. The molecular weight excluding hydrogens is 306 g/mol. The smallest absolute Gasteiger partial charge is 0.321 e. The van der Waals surface area contributed by atoms with Crippen LogP contribution in [-0.2, 0) is 14.8 Å². The molecule has 2 N–H and O–H groups in total. The molecule has 0 bridgehead atoms. The van der Waals surface area contributed by atoms with E-state index in [1.54, 1.807) is 18.2 Å². The zero-order valence-electron chi connectivity index (χ0n) is 12.7. The van der Waals surface area contributed by atoms with Gasteiger partial charge in [0.2, 0.25) is 15.9 Å². The zero-order chi connectivity index (χ0) is 16.6. The Morgan fingerprint density at radius 3 is 2.36 bits per heavy atom. The van der Waals surface area contributed by atoms with Crippen LogP contribution in [0.15, 0.2) is 35.2 Å². The molecule has 3 amide bonds. The Morgan fingerprint density at radius 1 is 1.18 bits per heavy atom. The van der Waals surface area contributed by atoms with Gasteiger partial charge in [0, 0.05) is 13.6 Å². The van der Waals surface area contributed by atoms with E-state index in [1.807, 2.05) is 6.92 Å². The van der Waals surface area contributed by atoms with Gasteiger partial charge in [0.05, 0.1) is 11.4 Å². The van der Waals surface area contributed by atoms with E-state index in [2.05, 4.69) is 10.6 Å². The molecule has 0 aliphatic rings. The van der Waals surface area contributed by atoms with Crippen molar-refractivity contribution in [2.45, 2.75) is 24.7 Å². The van der Waals surface area contributed by atoms with Crippen LogP contribution in [0.3, 0.4) is 0 Å². The second kappa shape index (κ2) is 8.50. The van der Waals surface area contributed by atoms with Crippen molar-refractivity contribution in [2.75, 3.05) is 20.1 Å². The van der Waals surface area contributed by atoms with Gasteiger partial charge in [-0.1, -0.05) is 31.5 Å². The fourth-order valence-corrected chi connectivity index (χ4v) is 3.20. The molecule has 7 nitrogen and oxygen atoms in total. The molecule has 0 saturated carbocycles. The van der Waals surface area contributed by atoms with Crippen LogP contribution >= 0.6 is 0 Å². The number of imide groups is 1. The summed E-state index contributed by atoms with van der Waals surface area (Å²) < 4.78 is 26.2. The Bertz CT molecular complexity index is 602. The first-order chi connectivity index (χ1) is 10.4. The van der Waals surface area contributed by atoms with E-state index in [0.717, 1.165) is 10.7 Å². The number of hydrogen-bond acceptors (Lipinski definition) is 4. The molecule has 22 heavy (non-hydrogen) atoms. The normalized spacial score (nSPS) is 11.2. The van der Waals surface area contributed by atoms with Crippen LogP contribution in [0.5, 0.6) is 0 Å². The highest BCUT2D eigenvalue weighted by molar-refractivity contribution is 7.89. The minimum atomic E-state index is -3.77. The predicted molar refractivity (Wildman–Crippen MR) is 82.7 cm³/mol. The molecule has 0 spiro atoms. The molecule has 1 rings (SSSR count). The van der Waals surface area contributed by atoms with Crippen LogP contribution in [0.4, 0.5) is 4.79 Å². The standard InChI is InChI=1S/C14H21N3O4S/c1-3-4-10-17(11-13(18)16-14(19)15-2)22(20,21)12-8-6-5-7-9-12/h5-9H,3-4,10-11H2,1-2H3,(H2,15,16,18,19). The fourth-order valence-electron chi connectivity index (χ4n) is 1.75. The SMILES string of the molecule is CCCCN(CC(=O)NC(=O)NC)S(=O)(=O)c1ccccc1. The number of sulfonamides is 1. The summed E-state index contributed by atoms with van der Waals surface area (Å²) in [5, 5.41) is 4.31. The summed E-state index contributed by atoms with van der Waals surface area (Å²) in [6.07, 6.45) is 1.41. The van der Waals surface area contributed by atoms with Crippen molar-refractivity contribution in [2.24, 2.45) is 0 Å². The van der Waals surface area contributed by atoms with Crippen molar-refractivity contribution in [1.82, 2.24) is 14.9 Å². The molecule has 0 radical (unpaired) electrons. The molecule has 8 heteroatoms. The van der Waals surface area contributed by atoms with Crippen LogP contribution in [-0.4, -0.2) is 44.8 Å². The van der Waals surface area contributed by atoms with E-state index in [-0.39, 0.29) is 11.4 Å². The summed E-state index contributed by atoms with van der Waals surface area (Å²) in [6.45, 7) is 1.75. The topological polar surface area (TPSA) is 95.6 Å². The lowest BCUT2D eigenvalue weighted by Crippen LogP contribution is -2.45. The number of carbonyl (C=O) groups is 2. The number of carbonyl (C=O) groups excluding carboxylic acids is 2. The first-order valence-electron chi connectivity index (χ1n) is 6.98. The van der Waals surface area contributed by atoms with Gasteiger partial charge in [-0.2, -0.15) is 4.31 Å². The van der Waals surface area contributed by atoms with E-state index in [0.29, 0.717) is 6.42 Å². The molecular formula is C14H21N3O4S. The van der Waals surface area contributed by atoms with Gasteiger partial charge >= 0.3 is 6.03 Å². The number of unbranched alkanes of at least 4 members (excludes halogenated alkanes) is 1. The largest absolute Gasteiger partial charge is 0.341 e. The summed E-state index contributed by atoms with van der Waals surface area (Å²) in [5.41, 5.74) is 0. The maximum absolute atomic E-state index is 12.6. The second-order valence-electron chi connectivity index (χ2n) is 4.63. The van der Waals surface area contributed by atoms with Crippen molar-refractivity contribution in [3.63, 3.8) is 0 Å². The summed E-state index contributed by atoms with van der Waals surface area (Å²) >= 11 is 0. The lowest BCUT2D eigenvalue weighted by molar-refractivity contribution is -0.120. The summed E-state index contributed by atoms with van der Waals surface area (Å²) in [7, 11) is -2.40. The number of nitrogens with one attached hydrogen (secondary N) is 2. The molecule has 0 aromatic heterocycles. The number of hydrogen-bond donors (Lipinski definition) is 2. The second-order valence-corrected chi connectivity index (χ2v) is 6.57. The Morgan fingerprint density at radius 2 is 1.82 bits per heavy atom. The van der Waals surface area contributed by atoms with Crippen molar-refractivity contribution in [3.05, 3.63) is 30.3 Å².